The van der Waals surface area contributed by atoms with Crippen LogP contribution in [0.4, 0.5) is 16.2 Å². The molecule has 0 heterocycles. The first-order valence-electron chi connectivity index (χ1n) is 5.99. The average molecular weight is 359 g/mol. The number of amides is 3. The van der Waals surface area contributed by atoms with Gasteiger partial charge in [-0.15, -0.1) is 0 Å². The van der Waals surface area contributed by atoms with Crippen LogP contribution in [0.5, 0.6) is 0 Å². The second-order valence-corrected chi connectivity index (χ2v) is 5.52. The quantitative estimate of drug-likeness (QED) is 0.704. The van der Waals surface area contributed by atoms with Crippen molar-refractivity contribution in [3.05, 3.63) is 57.0 Å². The van der Waals surface area contributed by atoms with Crippen LogP contribution in [0.25, 0.3) is 0 Å². The Morgan fingerprint density at radius 2 is 1.68 bits per heavy atom. The molecule has 2 aromatic rings. The van der Waals surface area contributed by atoms with E-state index < -0.39 is 11.9 Å². The molecule has 0 saturated heterocycles. The minimum Gasteiger partial charge on any atom is -0.399 e. The van der Waals surface area contributed by atoms with Crippen molar-refractivity contribution in [1.29, 1.82) is 0 Å². The zero-order chi connectivity index (χ0) is 16.3. The lowest BCUT2D eigenvalue weighted by atomic mass is 10.2. The predicted octanol–water partition coefficient (Wildman–Crippen LogP) is 4.19. The van der Waals surface area contributed by atoms with Crippen molar-refractivity contribution in [2.45, 2.75) is 0 Å². The summed E-state index contributed by atoms with van der Waals surface area (Å²) in [6.45, 7) is 0. The zero-order valence-corrected chi connectivity index (χ0v) is 13.3. The molecule has 0 atom stereocenters. The summed E-state index contributed by atoms with van der Waals surface area (Å²) < 4.78 is 0. The van der Waals surface area contributed by atoms with Gasteiger partial charge in [-0.1, -0.05) is 34.8 Å². The molecule has 22 heavy (non-hydrogen) atoms. The lowest BCUT2D eigenvalue weighted by Crippen LogP contribution is -2.34. The van der Waals surface area contributed by atoms with Crippen molar-refractivity contribution in [1.82, 2.24) is 5.32 Å². The van der Waals surface area contributed by atoms with E-state index in [0.29, 0.717) is 15.7 Å². The molecule has 0 fully saturated rings. The number of carbonyl (C=O) groups excluding carboxylic acids is 2. The molecule has 5 nitrogen and oxygen atoms in total. The average Bonchev–Trinajstić information content (AvgIpc) is 2.42. The van der Waals surface area contributed by atoms with Gasteiger partial charge in [0, 0.05) is 10.7 Å². The van der Waals surface area contributed by atoms with Gasteiger partial charge in [-0.05, 0) is 36.4 Å². The van der Waals surface area contributed by atoms with Crippen LogP contribution >= 0.6 is 34.8 Å². The third-order valence-corrected chi connectivity index (χ3v) is 3.52. The standard InChI is InChI=1S/C14H10Cl3N3O2/c15-7-1-3-9(11(17)5-7)13(21)20-14(22)19-12-6-8(18)2-4-10(12)16/h1-6H,18H2,(H2,19,20,21,22). The van der Waals surface area contributed by atoms with Crippen molar-refractivity contribution < 1.29 is 9.59 Å². The van der Waals surface area contributed by atoms with Crippen LogP contribution in [0.15, 0.2) is 36.4 Å². The Morgan fingerprint density at radius 3 is 2.36 bits per heavy atom. The summed E-state index contributed by atoms with van der Waals surface area (Å²) in [6, 6.07) is 8.15. The van der Waals surface area contributed by atoms with Crippen LogP contribution in [0.2, 0.25) is 15.1 Å². The summed E-state index contributed by atoms with van der Waals surface area (Å²) in [4.78, 5) is 23.8. The maximum absolute atomic E-state index is 12.0. The monoisotopic (exact) mass is 357 g/mol. The molecule has 0 saturated carbocycles. The van der Waals surface area contributed by atoms with Gasteiger partial charge >= 0.3 is 6.03 Å². The van der Waals surface area contributed by atoms with E-state index in [-0.39, 0.29) is 16.3 Å². The third kappa shape index (κ3) is 4.04. The molecule has 0 aliphatic carbocycles. The Bertz CT molecular complexity index is 750. The minimum atomic E-state index is -0.761. The van der Waals surface area contributed by atoms with E-state index in [9.17, 15) is 9.59 Å². The van der Waals surface area contributed by atoms with Gasteiger partial charge in [0.1, 0.15) is 0 Å². The van der Waals surface area contributed by atoms with E-state index >= 15 is 0 Å². The topological polar surface area (TPSA) is 84.2 Å². The number of nitrogen functional groups attached to an aromatic ring is 1. The van der Waals surface area contributed by atoms with Crippen LogP contribution in [0.3, 0.4) is 0 Å². The highest BCUT2D eigenvalue weighted by Gasteiger charge is 2.14. The Kier molecular flexibility index (Phi) is 5.13. The fraction of sp³-hybridized carbons (Fsp3) is 0. The number of nitrogens with two attached hydrogens (primary N) is 1. The van der Waals surface area contributed by atoms with Gasteiger partial charge in [-0.2, -0.15) is 0 Å². The number of nitrogens with one attached hydrogen (secondary N) is 2. The molecule has 0 unspecified atom stereocenters. The van der Waals surface area contributed by atoms with Gasteiger partial charge in [0.2, 0.25) is 0 Å². The number of hydrogen-bond acceptors (Lipinski definition) is 3. The van der Waals surface area contributed by atoms with Gasteiger partial charge in [0.05, 0.1) is 21.3 Å². The Balaban J connectivity index is 2.08. The van der Waals surface area contributed by atoms with Gasteiger partial charge in [0.25, 0.3) is 5.91 Å². The first-order valence-corrected chi connectivity index (χ1v) is 7.12. The largest absolute Gasteiger partial charge is 0.399 e. The van der Waals surface area contributed by atoms with E-state index in [4.69, 9.17) is 40.5 Å². The molecule has 2 aromatic carbocycles. The number of anilines is 2. The van der Waals surface area contributed by atoms with Crippen molar-refractivity contribution in [2.24, 2.45) is 0 Å². The maximum atomic E-state index is 12.0. The van der Waals surface area contributed by atoms with Crippen LogP contribution in [-0.4, -0.2) is 11.9 Å². The fourth-order valence-corrected chi connectivity index (χ4v) is 2.30. The first kappa shape index (κ1) is 16.4. The number of benzene rings is 2. The molecule has 8 heteroatoms. The lowest BCUT2D eigenvalue weighted by Gasteiger charge is -2.09. The maximum Gasteiger partial charge on any atom is 0.326 e. The van der Waals surface area contributed by atoms with Crippen LogP contribution in [-0.2, 0) is 0 Å². The molecular weight excluding hydrogens is 349 g/mol. The van der Waals surface area contributed by atoms with Gasteiger partial charge in [-0.3, -0.25) is 10.1 Å². The van der Waals surface area contributed by atoms with Crippen molar-refractivity contribution in [2.75, 3.05) is 11.1 Å². The third-order valence-electron chi connectivity index (χ3n) is 2.64. The first-order chi connectivity index (χ1) is 10.4. The van der Waals surface area contributed by atoms with Gasteiger partial charge < -0.3 is 11.1 Å². The van der Waals surface area contributed by atoms with Crippen molar-refractivity contribution >= 4 is 58.1 Å². The Labute approximate surface area is 141 Å². The molecule has 4 N–H and O–H groups in total. The molecule has 0 aromatic heterocycles. The summed E-state index contributed by atoms with van der Waals surface area (Å²) in [5.41, 5.74) is 6.44. The summed E-state index contributed by atoms with van der Waals surface area (Å²) in [6.07, 6.45) is 0. The Hall–Kier alpha value is -1.95. The zero-order valence-electron chi connectivity index (χ0n) is 11.0. The highest BCUT2D eigenvalue weighted by molar-refractivity contribution is 6.37. The van der Waals surface area contributed by atoms with Gasteiger partial charge in [0.15, 0.2) is 0 Å². The SMILES string of the molecule is Nc1ccc(Cl)c(NC(=O)NC(=O)c2ccc(Cl)cc2Cl)c1. The highest BCUT2D eigenvalue weighted by Crippen LogP contribution is 2.24. The molecule has 0 radical (unpaired) electrons. The summed E-state index contributed by atoms with van der Waals surface area (Å²) in [7, 11) is 0. The smallest absolute Gasteiger partial charge is 0.326 e. The van der Waals surface area contributed by atoms with E-state index in [1.165, 1.54) is 30.3 Å². The molecule has 3 amide bonds. The fourth-order valence-electron chi connectivity index (χ4n) is 1.64. The predicted molar refractivity (Wildman–Crippen MR) is 88.8 cm³/mol. The highest BCUT2D eigenvalue weighted by atomic mass is 35.5. The number of hydrogen-bond donors (Lipinski definition) is 3. The van der Waals surface area contributed by atoms with Crippen molar-refractivity contribution in [3.63, 3.8) is 0 Å². The second-order valence-electron chi connectivity index (χ2n) is 4.27. The molecule has 0 aliphatic heterocycles. The van der Waals surface area contributed by atoms with Gasteiger partial charge in [-0.25, -0.2) is 4.79 Å². The Morgan fingerprint density at radius 1 is 0.955 bits per heavy atom. The van der Waals surface area contributed by atoms with Crippen LogP contribution < -0.4 is 16.4 Å². The molecular formula is C14H10Cl3N3O2. The molecule has 0 bridgehead atoms. The second kappa shape index (κ2) is 6.87. The molecule has 0 spiro atoms. The lowest BCUT2D eigenvalue weighted by molar-refractivity contribution is 0.0967. The van der Waals surface area contributed by atoms with E-state index in [1.54, 1.807) is 6.07 Å². The summed E-state index contributed by atoms with van der Waals surface area (Å²) in [5, 5.41) is 5.38. The summed E-state index contributed by atoms with van der Waals surface area (Å²) in [5.74, 6) is -0.667. The van der Waals surface area contributed by atoms with Crippen LogP contribution in [0, 0.1) is 0 Å². The number of halogens is 3. The van der Waals surface area contributed by atoms with Crippen LogP contribution in [0.1, 0.15) is 10.4 Å². The van der Waals surface area contributed by atoms with E-state index in [1.807, 2.05) is 0 Å². The van der Waals surface area contributed by atoms with Crippen molar-refractivity contribution in [3.8, 4) is 0 Å². The number of carbonyl (C=O) groups is 2. The number of rotatable bonds is 2. The number of imide groups is 1. The minimum absolute atomic E-state index is 0.125. The molecule has 114 valence electrons. The van der Waals surface area contributed by atoms with E-state index in [0.717, 1.165) is 0 Å². The molecule has 2 rings (SSSR count). The normalized spacial score (nSPS) is 10.1. The summed E-state index contributed by atoms with van der Waals surface area (Å²) >= 11 is 17.6. The number of urea groups is 1. The van der Waals surface area contributed by atoms with E-state index in [2.05, 4.69) is 10.6 Å². The molecule has 0 aliphatic rings.